The molecule has 0 saturated heterocycles. The molecule has 0 aliphatic rings. The van der Waals surface area contributed by atoms with Gasteiger partial charge in [-0.3, -0.25) is 14.4 Å². The summed E-state index contributed by atoms with van der Waals surface area (Å²) in [5.74, 6) is 35.1. The van der Waals surface area contributed by atoms with E-state index in [1.54, 1.807) is 0 Å². The molecule has 7 nitrogen and oxygen atoms in total. The first-order valence-corrected chi connectivity index (χ1v) is 23.3. The second-order valence-corrected chi connectivity index (χ2v) is 15.4. The highest BCUT2D eigenvalue weighted by Crippen LogP contribution is 2.36. The zero-order valence-electron chi connectivity index (χ0n) is 38.4. The fraction of sp³-hybridized carbons (Fsp3) is 0.421. The number of unbranched alkanes of at least 4 members (excludes halogenated alkanes) is 12. The van der Waals surface area contributed by atoms with Crippen molar-refractivity contribution in [1.29, 1.82) is 0 Å². The van der Waals surface area contributed by atoms with Crippen molar-refractivity contribution >= 4 is 51.8 Å². The van der Waals surface area contributed by atoms with Crippen LogP contribution in [-0.4, -0.2) is 17.7 Å². The number of carbonyl (C=O) groups excluding carboxylic acids is 3. The van der Waals surface area contributed by atoms with Crippen LogP contribution in [0.25, 0.3) is 0 Å². The molecule has 0 aromatic heterocycles. The average Bonchev–Trinajstić information content (AvgIpc) is 3.30. The molecule has 332 valence electrons. The van der Waals surface area contributed by atoms with Crippen LogP contribution in [0.5, 0.6) is 0 Å². The van der Waals surface area contributed by atoms with Crippen molar-refractivity contribution in [1.82, 2.24) is 0 Å². The molecule has 0 heterocycles. The summed E-state index contributed by atoms with van der Waals surface area (Å²) >= 11 is 0. The summed E-state index contributed by atoms with van der Waals surface area (Å²) in [6.45, 7) is 6.57. The Hall–Kier alpha value is -6.77. The van der Waals surface area contributed by atoms with Gasteiger partial charge in [0.2, 0.25) is 17.7 Å². The van der Waals surface area contributed by atoms with E-state index in [-0.39, 0.29) is 37.0 Å². The minimum Gasteiger partial charge on any atom is -0.326 e. The van der Waals surface area contributed by atoms with Crippen LogP contribution < -0.4 is 20.9 Å². The quantitative estimate of drug-likeness (QED) is 0.0618. The maximum Gasteiger partial charge on any atom is 0.225 e. The minimum atomic E-state index is -0.121. The molecule has 0 bridgehead atoms. The van der Waals surface area contributed by atoms with Gasteiger partial charge < -0.3 is 20.9 Å². The molecule has 0 aliphatic carbocycles. The molecule has 0 radical (unpaired) electrons. The normalized spacial score (nSPS) is 9.61. The van der Waals surface area contributed by atoms with Crippen LogP contribution in [0.2, 0.25) is 0 Å². The van der Waals surface area contributed by atoms with Gasteiger partial charge in [-0.25, -0.2) is 0 Å². The zero-order chi connectivity index (χ0) is 45.7. The Kier molecular flexibility index (Phi) is 27.2. The minimum absolute atomic E-state index is 0.121. The van der Waals surface area contributed by atoms with Gasteiger partial charge in [0.05, 0.1) is 0 Å². The Morgan fingerprint density at radius 3 is 0.859 bits per heavy atom. The third-order valence-corrected chi connectivity index (χ3v) is 9.84. The summed E-state index contributed by atoms with van der Waals surface area (Å²) in [5, 5.41) is 8.91. The lowest BCUT2D eigenvalue weighted by molar-refractivity contribution is -0.116. The van der Waals surface area contributed by atoms with E-state index in [1.807, 2.05) is 72.8 Å². The number of anilines is 6. The van der Waals surface area contributed by atoms with E-state index in [1.165, 1.54) is 57.8 Å². The molecule has 3 aromatic rings. The fourth-order valence-corrected chi connectivity index (χ4v) is 6.29. The number of carbonyl (C=O) groups is 3. The van der Waals surface area contributed by atoms with Crippen LogP contribution in [-0.2, 0) is 14.4 Å². The lowest BCUT2D eigenvalue weighted by Gasteiger charge is -2.26. The van der Waals surface area contributed by atoms with E-state index in [4.69, 9.17) is 0 Å². The van der Waals surface area contributed by atoms with Gasteiger partial charge >= 0.3 is 0 Å². The van der Waals surface area contributed by atoms with E-state index in [0.29, 0.717) is 36.3 Å². The molecule has 0 saturated carbocycles. The topological polar surface area (TPSA) is 90.5 Å². The fourth-order valence-electron chi connectivity index (χ4n) is 6.29. The number of amides is 3. The van der Waals surface area contributed by atoms with Crippen molar-refractivity contribution in [2.75, 3.05) is 20.9 Å². The van der Waals surface area contributed by atoms with E-state index < -0.39 is 0 Å². The standard InChI is InChI=1S/C57H66N4O3/c1-4-7-10-13-16-19-22-25-28-31-34-55(62)58-49-37-43-52(44-38-49)61(53-45-39-50(40-46-53)59-56(63)35-32-29-26-23-20-17-14-11-8-5-2)54-47-41-51(42-48-54)60-57(64)36-33-30-27-24-21-18-15-12-9-6-3/h37-48H,4-18,31-36H2,1-3H3,(H,58,62)(H,59,63)(H,60,64). The summed E-state index contributed by atoms with van der Waals surface area (Å²) in [7, 11) is 0. The van der Waals surface area contributed by atoms with Gasteiger partial charge in [-0.05, 0) is 128 Å². The average molecular weight is 855 g/mol. The van der Waals surface area contributed by atoms with E-state index in [0.717, 1.165) is 55.6 Å². The highest BCUT2D eigenvalue weighted by Gasteiger charge is 2.14. The predicted molar refractivity (Wildman–Crippen MR) is 268 cm³/mol. The maximum atomic E-state index is 12.7. The summed E-state index contributed by atoms with van der Waals surface area (Å²) in [6.07, 6.45) is 18.9. The molecule has 7 heteroatoms. The number of nitrogens with zero attached hydrogens (tertiary/aromatic N) is 1. The first kappa shape index (κ1) is 51.6. The first-order chi connectivity index (χ1) is 31.4. The van der Waals surface area contributed by atoms with Gasteiger partial charge in [0.25, 0.3) is 0 Å². The molecule has 0 fully saturated rings. The van der Waals surface area contributed by atoms with Crippen molar-refractivity contribution in [3.63, 3.8) is 0 Å². The van der Waals surface area contributed by atoms with Gasteiger partial charge in [-0.15, -0.1) is 0 Å². The van der Waals surface area contributed by atoms with Crippen molar-refractivity contribution in [2.24, 2.45) is 0 Å². The number of nitrogens with one attached hydrogen (secondary N) is 3. The van der Waals surface area contributed by atoms with Crippen molar-refractivity contribution in [3.05, 3.63) is 72.8 Å². The van der Waals surface area contributed by atoms with Crippen LogP contribution in [0.4, 0.5) is 34.1 Å². The monoisotopic (exact) mass is 855 g/mol. The smallest absolute Gasteiger partial charge is 0.225 e. The molecule has 3 aromatic carbocycles. The number of hydrogen-bond acceptors (Lipinski definition) is 4. The summed E-state index contributed by atoms with van der Waals surface area (Å²) in [6, 6.07) is 22.8. The second kappa shape index (κ2) is 33.8. The van der Waals surface area contributed by atoms with Crippen molar-refractivity contribution in [3.8, 4) is 71.0 Å². The molecule has 0 atom stereocenters. The lowest BCUT2D eigenvalue weighted by atomic mass is 10.1. The molecular weight excluding hydrogens is 789 g/mol. The second-order valence-electron chi connectivity index (χ2n) is 15.4. The van der Waals surface area contributed by atoms with E-state index in [2.05, 4.69) is 113 Å². The summed E-state index contributed by atoms with van der Waals surface area (Å²) in [5.41, 5.74) is 4.54. The predicted octanol–water partition coefficient (Wildman–Crippen LogP) is 13.2. The molecular formula is C57H66N4O3. The molecule has 0 unspecified atom stereocenters. The summed E-state index contributed by atoms with van der Waals surface area (Å²) < 4.78 is 0. The Morgan fingerprint density at radius 1 is 0.359 bits per heavy atom. The van der Waals surface area contributed by atoms with E-state index >= 15 is 0 Å². The van der Waals surface area contributed by atoms with Gasteiger partial charge in [0.15, 0.2) is 0 Å². The summed E-state index contributed by atoms with van der Waals surface area (Å²) in [4.78, 5) is 40.2. The molecule has 3 rings (SSSR count). The Balaban J connectivity index is 1.66. The Bertz CT molecular complexity index is 2000. The molecule has 0 aliphatic heterocycles. The number of benzene rings is 3. The van der Waals surface area contributed by atoms with Crippen LogP contribution in [0.15, 0.2) is 72.8 Å². The third-order valence-electron chi connectivity index (χ3n) is 9.84. The van der Waals surface area contributed by atoms with Crippen LogP contribution in [0, 0.1) is 71.0 Å². The molecule has 64 heavy (non-hydrogen) atoms. The number of hydrogen-bond donors (Lipinski definition) is 3. The van der Waals surface area contributed by atoms with Crippen molar-refractivity contribution < 1.29 is 14.4 Å². The Labute approximate surface area is 385 Å². The van der Waals surface area contributed by atoms with Gasteiger partial charge in [0, 0.05) is 91.9 Å². The Morgan fingerprint density at radius 2 is 0.609 bits per heavy atom. The van der Waals surface area contributed by atoms with Gasteiger partial charge in [0.1, 0.15) is 0 Å². The maximum absolute atomic E-state index is 12.7. The van der Waals surface area contributed by atoms with Crippen molar-refractivity contribution in [2.45, 2.75) is 156 Å². The van der Waals surface area contributed by atoms with Crippen LogP contribution in [0.3, 0.4) is 0 Å². The SMILES string of the molecule is CCCCCCC#CC#CCCC(=O)Nc1ccc(N(c2ccc(NC(=O)CCC#CC#CCCCCCC)cc2)c2ccc(NC(=O)CCC#CC#CCCCCCC)cc2)cc1. The third kappa shape index (κ3) is 23.4. The van der Waals surface area contributed by atoms with Gasteiger partial charge in [-0.2, -0.15) is 0 Å². The highest BCUT2D eigenvalue weighted by atomic mass is 16.2. The number of rotatable bonds is 24. The largest absolute Gasteiger partial charge is 0.326 e. The zero-order valence-corrected chi connectivity index (χ0v) is 38.4. The molecule has 0 spiro atoms. The highest BCUT2D eigenvalue weighted by molar-refractivity contribution is 5.93. The lowest BCUT2D eigenvalue weighted by Crippen LogP contribution is -2.13. The first-order valence-electron chi connectivity index (χ1n) is 23.3. The molecule has 3 N–H and O–H groups in total. The van der Waals surface area contributed by atoms with Gasteiger partial charge in [-0.1, -0.05) is 114 Å². The van der Waals surface area contributed by atoms with Crippen LogP contribution in [0.1, 0.15) is 156 Å². The van der Waals surface area contributed by atoms with Crippen LogP contribution >= 0.6 is 0 Å². The van der Waals surface area contributed by atoms with E-state index in [9.17, 15) is 14.4 Å². The molecule has 3 amide bonds.